The minimum atomic E-state index is -0.686. The minimum absolute atomic E-state index is 0.134. The molecule has 0 aliphatic rings. The van der Waals surface area contributed by atoms with Crippen LogP contribution in [-0.4, -0.2) is 6.54 Å². The van der Waals surface area contributed by atoms with Crippen molar-refractivity contribution in [3.8, 4) is 11.1 Å². The van der Waals surface area contributed by atoms with Crippen molar-refractivity contribution in [1.82, 2.24) is 5.32 Å². The zero-order valence-corrected chi connectivity index (χ0v) is 12.3. The Kier molecular flexibility index (Phi) is 4.68. The molecule has 2 aromatic carbocycles. The van der Waals surface area contributed by atoms with Crippen LogP contribution >= 0.6 is 0 Å². The Bertz CT molecular complexity index is 653. The summed E-state index contributed by atoms with van der Waals surface area (Å²) in [4.78, 5) is 0. The zero-order valence-electron chi connectivity index (χ0n) is 12.3. The summed E-state index contributed by atoms with van der Waals surface area (Å²) >= 11 is 0. The molecule has 1 unspecified atom stereocenters. The van der Waals surface area contributed by atoms with Crippen LogP contribution in [0.2, 0.25) is 0 Å². The van der Waals surface area contributed by atoms with Crippen LogP contribution in [0.5, 0.6) is 0 Å². The van der Waals surface area contributed by atoms with Crippen molar-refractivity contribution in [1.29, 1.82) is 0 Å². The Morgan fingerprint density at radius 2 is 1.81 bits per heavy atom. The fraction of sp³-hybridized carbons (Fsp3) is 0.294. The molecule has 21 heavy (non-hydrogen) atoms. The second-order valence-corrected chi connectivity index (χ2v) is 5.06. The summed E-state index contributed by atoms with van der Waals surface area (Å²) in [5.41, 5.74) is 1.08. The number of halogens is 3. The second-order valence-electron chi connectivity index (χ2n) is 5.06. The van der Waals surface area contributed by atoms with Gasteiger partial charge in [-0.3, -0.25) is 0 Å². The summed E-state index contributed by atoms with van der Waals surface area (Å²) in [6.45, 7) is 6.08. The van der Waals surface area contributed by atoms with E-state index in [2.05, 4.69) is 5.32 Å². The van der Waals surface area contributed by atoms with Gasteiger partial charge in [-0.2, -0.15) is 0 Å². The maximum Gasteiger partial charge on any atom is 0.136 e. The molecular formula is C17H18F3N. The molecule has 0 radical (unpaired) electrons. The SMILES string of the molecule is CCNC(C)c1ccc(F)cc1-c1c(F)ccc(C)c1F. The summed E-state index contributed by atoms with van der Waals surface area (Å²) < 4.78 is 42.0. The Labute approximate surface area is 122 Å². The third-order valence-electron chi connectivity index (χ3n) is 3.55. The van der Waals surface area contributed by atoms with Gasteiger partial charge in [-0.05, 0) is 55.3 Å². The summed E-state index contributed by atoms with van der Waals surface area (Å²) in [5.74, 6) is -1.85. The van der Waals surface area contributed by atoms with Crippen LogP contribution in [0.25, 0.3) is 11.1 Å². The molecule has 1 atom stereocenters. The topological polar surface area (TPSA) is 12.0 Å². The lowest BCUT2D eigenvalue weighted by Crippen LogP contribution is -2.18. The first-order valence-corrected chi connectivity index (χ1v) is 6.93. The predicted molar refractivity (Wildman–Crippen MR) is 78.6 cm³/mol. The molecular weight excluding hydrogens is 275 g/mol. The van der Waals surface area contributed by atoms with Crippen molar-refractivity contribution in [3.63, 3.8) is 0 Å². The number of hydrogen-bond donors (Lipinski definition) is 1. The predicted octanol–water partition coefficient (Wildman–Crippen LogP) is 4.75. The highest BCUT2D eigenvalue weighted by Crippen LogP contribution is 2.34. The number of rotatable bonds is 4. The summed E-state index contributed by atoms with van der Waals surface area (Å²) in [6.07, 6.45) is 0. The summed E-state index contributed by atoms with van der Waals surface area (Å²) in [5, 5.41) is 3.18. The van der Waals surface area contributed by atoms with E-state index in [9.17, 15) is 13.2 Å². The molecule has 0 aliphatic carbocycles. The van der Waals surface area contributed by atoms with Gasteiger partial charge in [0.1, 0.15) is 17.5 Å². The zero-order chi connectivity index (χ0) is 15.6. The highest BCUT2D eigenvalue weighted by atomic mass is 19.1. The number of aryl methyl sites for hydroxylation is 1. The molecule has 0 aliphatic heterocycles. The van der Waals surface area contributed by atoms with Crippen LogP contribution in [0.4, 0.5) is 13.2 Å². The van der Waals surface area contributed by atoms with E-state index in [1.807, 2.05) is 13.8 Å². The fourth-order valence-electron chi connectivity index (χ4n) is 2.44. The molecule has 0 heterocycles. The molecule has 4 heteroatoms. The van der Waals surface area contributed by atoms with E-state index in [0.717, 1.165) is 0 Å². The minimum Gasteiger partial charge on any atom is -0.310 e. The van der Waals surface area contributed by atoms with E-state index < -0.39 is 17.5 Å². The van der Waals surface area contributed by atoms with Gasteiger partial charge >= 0.3 is 0 Å². The normalized spacial score (nSPS) is 12.5. The molecule has 0 aromatic heterocycles. The first-order valence-electron chi connectivity index (χ1n) is 6.93. The van der Waals surface area contributed by atoms with Gasteiger partial charge in [0.15, 0.2) is 0 Å². The lowest BCUT2D eigenvalue weighted by Gasteiger charge is -2.19. The van der Waals surface area contributed by atoms with E-state index in [1.165, 1.54) is 24.3 Å². The average molecular weight is 293 g/mol. The third kappa shape index (κ3) is 3.10. The Morgan fingerprint density at radius 3 is 2.48 bits per heavy atom. The molecule has 112 valence electrons. The van der Waals surface area contributed by atoms with Crippen molar-refractivity contribution in [2.24, 2.45) is 0 Å². The van der Waals surface area contributed by atoms with Crippen LogP contribution in [-0.2, 0) is 0 Å². The van der Waals surface area contributed by atoms with E-state index in [1.54, 1.807) is 13.0 Å². The molecule has 0 saturated heterocycles. The molecule has 2 aromatic rings. The number of hydrogen-bond acceptors (Lipinski definition) is 1. The third-order valence-corrected chi connectivity index (χ3v) is 3.55. The van der Waals surface area contributed by atoms with Gasteiger partial charge in [0, 0.05) is 6.04 Å². The monoisotopic (exact) mass is 293 g/mol. The van der Waals surface area contributed by atoms with Gasteiger partial charge in [0.05, 0.1) is 5.56 Å². The van der Waals surface area contributed by atoms with Crippen molar-refractivity contribution < 1.29 is 13.2 Å². The summed E-state index contributed by atoms with van der Waals surface area (Å²) in [6, 6.07) is 6.51. The van der Waals surface area contributed by atoms with E-state index in [4.69, 9.17) is 0 Å². The number of benzene rings is 2. The van der Waals surface area contributed by atoms with Crippen molar-refractivity contribution in [2.45, 2.75) is 26.8 Å². The van der Waals surface area contributed by atoms with Gasteiger partial charge in [-0.15, -0.1) is 0 Å². The molecule has 1 nitrogen and oxygen atoms in total. The lowest BCUT2D eigenvalue weighted by atomic mass is 9.93. The average Bonchev–Trinajstić information content (AvgIpc) is 2.44. The van der Waals surface area contributed by atoms with Gasteiger partial charge in [0.25, 0.3) is 0 Å². The fourth-order valence-corrected chi connectivity index (χ4v) is 2.44. The Morgan fingerprint density at radius 1 is 1.10 bits per heavy atom. The quantitative estimate of drug-likeness (QED) is 0.857. The van der Waals surface area contributed by atoms with Crippen LogP contribution in [0, 0.1) is 24.4 Å². The largest absolute Gasteiger partial charge is 0.310 e. The second kappa shape index (κ2) is 6.31. The van der Waals surface area contributed by atoms with Gasteiger partial charge < -0.3 is 5.32 Å². The van der Waals surface area contributed by atoms with Crippen LogP contribution in [0.3, 0.4) is 0 Å². The maximum absolute atomic E-state index is 14.3. The van der Waals surface area contributed by atoms with E-state index in [0.29, 0.717) is 17.7 Å². The maximum atomic E-state index is 14.3. The molecule has 0 spiro atoms. The smallest absolute Gasteiger partial charge is 0.136 e. The highest BCUT2D eigenvalue weighted by molar-refractivity contribution is 5.70. The molecule has 0 saturated carbocycles. The molecule has 0 amide bonds. The van der Waals surface area contributed by atoms with E-state index >= 15 is 0 Å². The standard InChI is InChI=1S/C17H18F3N/c1-4-21-11(3)13-7-6-12(18)9-14(13)16-15(19)8-5-10(2)17(16)20/h5-9,11,21H,4H2,1-3H3. The molecule has 1 N–H and O–H groups in total. The van der Waals surface area contributed by atoms with Crippen LogP contribution in [0.1, 0.15) is 31.0 Å². The van der Waals surface area contributed by atoms with E-state index in [-0.39, 0.29) is 17.2 Å². The van der Waals surface area contributed by atoms with Crippen LogP contribution in [0.15, 0.2) is 30.3 Å². The van der Waals surface area contributed by atoms with Gasteiger partial charge in [0.2, 0.25) is 0 Å². The Balaban J connectivity index is 2.68. The van der Waals surface area contributed by atoms with Crippen LogP contribution < -0.4 is 5.32 Å². The summed E-state index contributed by atoms with van der Waals surface area (Å²) in [7, 11) is 0. The first kappa shape index (κ1) is 15.6. The van der Waals surface area contributed by atoms with Crippen molar-refractivity contribution in [2.75, 3.05) is 6.54 Å². The van der Waals surface area contributed by atoms with Gasteiger partial charge in [-0.1, -0.05) is 19.1 Å². The Hall–Kier alpha value is -1.81. The molecule has 0 fully saturated rings. The van der Waals surface area contributed by atoms with Gasteiger partial charge in [-0.25, -0.2) is 13.2 Å². The van der Waals surface area contributed by atoms with Crippen molar-refractivity contribution in [3.05, 3.63) is 58.9 Å². The lowest BCUT2D eigenvalue weighted by molar-refractivity contribution is 0.575. The van der Waals surface area contributed by atoms with Crippen molar-refractivity contribution >= 4 is 0 Å². The highest BCUT2D eigenvalue weighted by Gasteiger charge is 2.19. The first-order chi connectivity index (χ1) is 9.95. The molecule has 0 bridgehead atoms. The molecule has 2 rings (SSSR count). The number of nitrogens with one attached hydrogen (secondary N) is 1.